The maximum Gasteiger partial charge on any atom is 0.118 e. The summed E-state index contributed by atoms with van der Waals surface area (Å²) in [6, 6.07) is 18.6. The number of nitrogens with zero attached hydrogens (tertiary/aromatic N) is 4. The molecular weight excluding hydrogens is 374 g/mol. The van der Waals surface area contributed by atoms with E-state index < -0.39 is 0 Å². The quantitative estimate of drug-likeness (QED) is 0.551. The number of nitrogens with one attached hydrogen (secondary N) is 1. The van der Waals surface area contributed by atoms with Crippen LogP contribution in [0.25, 0.3) is 33.8 Å². The summed E-state index contributed by atoms with van der Waals surface area (Å²) >= 11 is 0. The van der Waals surface area contributed by atoms with Crippen LogP contribution in [-0.2, 0) is 11.3 Å². The molecule has 6 heteroatoms. The van der Waals surface area contributed by atoms with Crippen molar-refractivity contribution in [2.45, 2.75) is 6.54 Å². The van der Waals surface area contributed by atoms with Crippen molar-refractivity contribution < 1.29 is 4.74 Å². The van der Waals surface area contributed by atoms with Gasteiger partial charge in [-0.1, -0.05) is 30.3 Å². The van der Waals surface area contributed by atoms with Crippen molar-refractivity contribution in [1.29, 1.82) is 0 Å². The number of hydrogen-bond donors (Lipinski definition) is 1. The summed E-state index contributed by atoms with van der Waals surface area (Å²) in [6.45, 7) is 4.59. The third-order valence-corrected chi connectivity index (χ3v) is 5.38. The third-order valence-electron chi connectivity index (χ3n) is 5.38. The maximum absolute atomic E-state index is 5.43. The first kappa shape index (κ1) is 18.7. The van der Waals surface area contributed by atoms with Gasteiger partial charge in [0.15, 0.2) is 0 Å². The zero-order valence-electron chi connectivity index (χ0n) is 16.7. The standard InChI is InChI=1S/C24H23N5O/c1-2-9-25-22(3-1)24-21(16-27-28-24)20-8-10-26-23(15-20)19-6-4-18(5-7-19)17-29-11-13-30-14-12-29/h1-10,15-16H,11-14,17H2,(H,27,28). The highest BCUT2D eigenvalue weighted by atomic mass is 16.5. The topological polar surface area (TPSA) is 66.9 Å². The SMILES string of the molecule is c1ccc(-c2n[nH]cc2-c2ccnc(-c3ccc(CN4CCOCC4)cc3)c2)nc1. The van der Waals surface area contributed by atoms with Gasteiger partial charge in [0, 0.05) is 49.4 Å². The molecule has 4 aromatic rings. The van der Waals surface area contributed by atoms with Crippen LogP contribution in [0.2, 0.25) is 0 Å². The Kier molecular flexibility index (Phi) is 5.33. The molecule has 0 unspecified atom stereocenters. The molecule has 3 aromatic heterocycles. The van der Waals surface area contributed by atoms with Gasteiger partial charge in [-0.15, -0.1) is 0 Å². The summed E-state index contributed by atoms with van der Waals surface area (Å²) in [4.78, 5) is 11.5. The van der Waals surface area contributed by atoms with Crippen molar-refractivity contribution in [1.82, 2.24) is 25.1 Å². The van der Waals surface area contributed by atoms with Gasteiger partial charge in [0.25, 0.3) is 0 Å². The molecule has 1 aliphatic heterocycles. The minimum absolute atomic E-state index is 0.823. The summed E-state index contributed by atoms with van der Waals surface area (Å²) in [6.07, 6.45) is 5.54. The average molecular weight is 397 g/mol. The van der Waals surface area contributed by atoms with Gasteiger partial charge in [0.2, 0.25) is 0 Å². The Morgan fingerprint density at radius 3 is 2.50 bits per heavy atom. The number of morpholine rings is 1. The lowest BCUT2D eigenvalue weighted by Crippen LogP contribution is -2.35. The maximum atomic E-state index is 5.43. The lowest BCUT2D eigenvalue weighted by Gasteiger charge is -2.26. The van der Waals surface area contributed by atoms with Crippen LogP contribution >= 0.6 is 0 Å². The molecule has 0 saturated carbocycles. The molecule has 0 atom stereocenters. The first-order chi connectivity index (χ1) is 14.9. The van der Waals surface area contributed by atoms with Crippen LogP contribution in [0.3, 0.4) is 0 Å². The molecule has 1 aliphatic rings. The summed E-state index contributed by atoms with van der Waals surface area (Å²) < 4.78 is 5.43. The Morgan fingerprint density at radius 2 is 1.70 bits per heavy atom. The summed E-state index contributed by atoms with van der Waals surface area (Å²) in [7, 11) is 0. The second kappa shape index (κ2) is 8.57. The molecule has 6 nitrogen and oxygen atoms in total. The van der Waals surface area contributed by atoms with Gasteiger partial charge < -0.3 is 4.74 Å². The van der Waals surface area contributed by atoms with Gasteiger partial charge in [0.1, 0.15) is 5.69 Å². The molecule has 0 amide bonds. The first-order valence-corrected chi connectivity index (χ1v) is 10.2. The minimum atomic E-state index is 0.823. The number of ether oxygens (including phenoxy) is 1. The number of H-pyrrole nitrogens is 1. The van der Waals surface area contributed by atoms with Crippen LogP contribution < -0.4 is 0 Å². The molecule has 0 aliphatic carbocycles. The first-order valence-electron chi connectivity index (χ1n) is 10.2. The number of pyridine rings is 2. The van der Waals surface area contributed by atoms with Crippen molar-refractivity contribution in [3.05, 3.63) is 78.8 Å². The number of benzene rings is 1. The van der Waals surface area contributed by atoms with Gasteiger partial charge >= 0.3 is 0 Å². The van der Waals surface area contributed by atoms with Crippen LogP contribution in [0, 0.1) is 0 Å². The van der Waals surface area contributed by atoms with Gasteiger partial charge in [-0.05, 0) is 35.4 Å². The van der Waals surface area contributed by atoms with Crippen LogP contribution in [0.4, 0.5) is 0 Å². The van der Waals surface area contributed by atoms with Crippen LogP contribution in [-0.4, -0.2) is 51.4 Å². The van der Waals surface area contributed by atoms with E-state index in [-0.39, 0.29) is 0 Å². The van der Waals surface area contributed by atoms with Crippen molar-refractivity contribution in [2.75, 3.05) is 26.3 Å². The fourth-order valence-electron chi connectivity index (χ4n) is 3.76. The highest BCUT2D eigenvalue weighted by Crippen LogP contribution is 2.31. The molecule has 30 heavy (non-hydrogen) atoms. The molecule has 1 fully saturated rings. The smallest absolute Gasteiger partial charge is 0.118 e. The molecule has 0 spiro atoms. The summed E-state index contributed by atoms with van der Waals surface area (Å²) in [5, 5.41) is 7.39. The molecule has 1 aromatic carbocycles. The molecule has 1 N–H and O–H groups in total. The van der Waals surface area contributed by atoms with E-state index in [4.69, 9.17) is 4.74 Å². The summed E-state index contributed by atoms with van der Waals surface area (Å²) in [5.74, 6) is 0. The Labute approximate surface area is 175 Å². The fraction of sp³-hybridized carbons (Fsp3) is 0.208. The van der Waals surface area contributed by atoms with Crippen LogP contribution in [0.1, 0.15) is 5.56 Å². The lowest BCUT2D eigenvalue weighted by molar-refractivity contribution is 0.0342. The molecule has 4 heterocycles. The molecule has 0 bridgehead atoms. The molecule has 1 saturated heterocycles. The van der Waals surface area contributed by atoms with Gasteiger partial charge in [-0.2, -0.15) is 5.10 Å². The van der Waals surface area contributed by atoms with Crippen LogP contribution in [0.5, 0.6) is 0 Å². The van der Waals surface area contributed by atoms with Crippen molar-refractivity contribution in [3.8, 4) is 33.8 Å². The second-order valence-electron chi connectivity index (χ2n) is 7.38. The monoisotopic (exact) mass is 397 g/mol. The zero-order chi connectivity index (χ0) is 20.2. The number of aromatic nitrogens is 4. The van der Waals surface area contributed by atoms with E-state index in [0.29, 0.717) is 0 Å². The number of aromatic amines is 1. The molecule has 5 rings (SSSR count). The molecule has 0 radical (unpaired) electrons. The predicted octanol–water partition coefficient (Wildman–Crippen LogP) is 4.03. The molecule has 150 valence electrons. The normalized spacial score (nSPS) is 14.7. The van der Waals surface area contributed by atoms with E-state index in [1.54, 1.807) is 6.20 Å². The largest absolute Gasteiger partial charge is 0.379 e. The Bertz CT molecular complexity index is 1100. The fourth-order valence-corrected chi connectivity index (χ4v) is 3.76. The van der Waals surface area contributed by atoms with Crippen molar-refractivity contribution >= 4 is 0 Å². The van der Waals surface area contributed by atoms with Crippen LogP contribution in [0.15, 0.2) is 73.2 Å². The van der Waals surface area contributed by atoms with E-state index in [2.05, 4.69) is 55.4 Å². The van der Waals surface area contributed by atoms with Crippen molar-refractivity contribution in [3.63, 3.8) is 0 Å². The van der Waals surface area contributed by atoms with E-state index in [1.165, 1.54) is 5.56 Å². The zero-order valence-corrected chi connectivity index (χ0v) is 16.7. The molecular formula is C24H23N5O. The van der Waals surface area contributed by atoms with Gasteiger partial charge in [-0.25, -0.2) is 0 Å². The number of hydrogen-bond acceptors (Lipinski definition) is 5. The predicted molar refractivity (Wildman–Crippen MR) is 117 cm³/mol. The average Bonchev–Trinajstić information content (AvgIpc) is 3.31. The Morgan fingerprint density at radius 1 is 0.867 bits per heavy atom. The summed E-state index contributed by atoms with van der Waals surface area (Å²) in [5.41, 5.74) is 7.12. The Hall–Kier alpha value is -3.35. The lowest BCUT2D eigenvalue weighted by atomic mass is 10.0. The highest BCUT2D eigenvalue weighted by Gasteiger charge is 2.13. The highest BCUT2D eigenvalue weighted by molar-refractivity contribution is 5.80. The Balaban J connectivity index is 1.39. The minimum Gasteiger partial charge on any atom is -0.379 e. The number of rotatable bonds is 5. The van der Waals surface area contributed by atoms with E-state index in [9.17, 15) is 0 Å². The van der Waals surface area contributed by atoms with E-state index in [1.807, 2.05) is 36.7 Å². The van der Waals surface area contributed by atoms with Crippen molar-refractivity contribution in [2.24, 2.45) is 0 Å². The van der Waals surface area contributed by atoms with E-state index in [0.717, 1.165) is 66.6 Å². The van der Waals surface area contributed by atoms with E-state index >= 15 is 0 Å². The second-order valence-corrected chi connectivity index (χ2v) is 7.38. The van der Waals surface area contributed by atoms with Gasteiger partial charge in [-0.3, -0.25) is 20.0 Å². The third kappa shape index (κ3) is 4.01. The van der Waals surface area contributed by atoms with Gasteiger partial charge in [0.05, 0.1) is 24.6 Å².